The lowest BCUT2D eigenvalue weighted by molar-refractivity contribution is 0.953. The van der Waals surface area contributed by atoms with Gasteiger partial charge in [-0.15, -0.1) is 0 Å². The second kappa shape index (κ2) is 13.9. The van der Waals surface area contributed by atoms with E-state index in [4.69, 9.17) is 19.9 Å². The number of hydrogen-bond donors (Lipinski definition) is 0. The first kappa shape index (κ1) is 35.1. The number of pyridine rings is 1. The lowest BCUT2D eigenvalue weighted by Crippen LogP contribution is -2.06. The first-order chi connectivity index (χ1) is 31.2. The van der Waals surface area contributed by atoms with Crippen LogP contribution in [0.15, 0.2) is 212 Å². The summed E-state index contributed by atoms with van der Waals surface area (Å²) in [6, 6.07) is 72.6. The molecule has 0 atom stereocenters. The molecule has 294 valence electrons. The van der Waals surface area contributed by atoms with Crippen molar-refractivity contribution in [2.45, 2.75) is 0 Å². The molecule has 5 aromatic heterocycles. The highest BCUT2D eigenvalue weighted by Crippen LogP contribution is 2.40. The molecular weight excluding hydrogens is 771 g/mol. The van der Waals surface area contributed by atoms with Gasteiger partial charge in [0.05, 0.1) is 38.6 Å². The van der Waals surface area contributed by atoms with Gasteiger partial charge in [-0.2, -0.15) is 9.97 Å². The maximum Gasteiger partial charge on any atom is 0.238 e. The van der Waals surface area contributed by atoms with Gasteiger partial charge in [-0.3, -0.25) is 9.55 Å². The molecule has 63 heavy (non-hydrogen) atoms. The average molecular weight is 806 g/mol. The van der Waals surface area contributed by atoms with Crippen LogP contribution in [0, 0.1) is 0 Å². The summed E-state index contributed by atoms with van der Waals surface area (Å²) in [5, 5.41) is 5.77. The Bertz CT molecular complexity index is 3840. The van der Waals surface area contributed by atoms with Crippen LogP contribution in [0.4, 0.5) is 0 Å². The second-order valence-electron chi connectivity index (χ2n) is 15.9. The highest BCUT2D eigenvalue weighted by atomic mass is 15.2. The third-order valence-electron chi connectivity index (χ3n) is 12.3. The summed E-state index contributed by atoms with van der Waals surface area (Å²) in [4.78, 5) is 20.2. The molecule has 7 heteroatoms. The zero-order valence-corrected chi connectivity index (χ0v) is 33.8. The number of fused-ring (bicyclic) bond motifs is 9. The van der Waals surface area contributed by atoms with Crippen LogP contribution < -0.4 is 0 Å². The van der Waals surface area contributed by atoms with Crippen LogP contribution in [-0.2, 0) is 0 Å². The zero-order valence-electron chi connectivity index (χ0n) is 33.8. The highest BCUT2D eigenvalue weighted by Gasteiger charge is 2.20. The van der Waals surface area contributed by atoms with Gasteiger partial charge in [-0.25, -0.2) is 4.98 Å². The molecule has 0 radical (unpaired) electrons. The monoisotopic (exact) mass is 805 g/mol. The summed E-state index contributed by atoms with van der Waals surface area (Å²) in [6.07, 6.45) is 1.89. The molecule has 0 aliphatic rings. The number of nitrogens with zero attached hydrogens (tertiary/aromatic N) is 7. The van der Waals surface area contributed by atoms with E-state index in [1.165, 1.54) is 10.8 Å². The van der Waals surface area contributed by atoms with E-state index in [1.54, 1.807) is 0 Å². The van der Waals surface area contributed by atoms with E-state index in [-0.39, 0.29) is 0 Å². The molecule has 0 saturated carbocycles. The van der Waals surface area contributed by atoms with Crippen molar-refractivity contribution in [2.75, 3.05) is 0 Å². The van der Waals surface area contributed by atoms with Crippen molar-refractivity contribution >= 4 is 65.5 Å². The minimum atomic E-state index is 0.573. The lowest BCUT2D eigenvalue weighted by atomic mass is 10.0. The molecule has 0 aliphatic carbocycles. The Kier molecular flexibility index (Phi) is 7.77. The van der Waals surface area contributed by atoms with Crippen LogP contribution in [0.2, 0.25) is 0 Å². The first-order valence-corrected chi connectivity index (χ1v) is 21.1. The maximum absolute atomic E-state index is 5.17. The molecule has 13 aromatic rings. The maximum atomic E-state index is 5.17. The summed E-state index contributed by atoms with van der Waals surface area (Å²) < 4.78 is 6.89. The quantitative estimate of drug-likeness (QED) is 0.168. The highest BCUT2D eigenvalue weighted by molar-refractivity contribution is 6.13. The fraction of sp³-hybridized carbons (Fsp3) is 0. The third kappa shape index (κ3) is 5.53. The number of benzene rings is 8. The van der Waals surface area contributed by atoms with Crippen molar-refractivity contribution in [3.63, 3.8) is 0 Å². The van der Waals surface area contributed by atoms with Crippen LogP contribution in [0.3, 0.4) is 0 Å². The summed E-state index contributed by atoms with van der Waals surface area (Å²) in [5.41, 5.74) is 13.8. The Balaban J connectivity index is 0.990. The van der Waals surface area contributed by atoms with Gasteiger partial charge < -0.3 is 9.13 Å². The molecule has 8 aromatic carbocycles. The smallest absolute Gasteiger partial charge is 0.238 e. The predicted molar refractivity (Wildman–Crippen MR) is 257 cm³/mol. The largest absolute Gasteiger partial charge is 0.309 e. The number of rotatable bonds is 6. The average Bonchev–Trinajstić information content (AvgIpc) is 3.99. The van der Waals surface area contributed by atoms with Crippen LogP contribution in [0.5, 0.6) is 0 Å². The minimum absolute atomic E-state index is 0.573. The zero-order chi connectivity index (χ0) is 41.4. The molecule has 0 bridgehead atoms. The molecule has 0 fully saturated rings. The Labute approximate surface area is 361 Å². The summed E-state index contributed by atoms with van der Waals surface area (Å²) >= 11 is 0. The van der Waals surface area contributed by atoms with Crippen molar-refractivity contribution in [2.24, 2.45) is 0 Å². The molecule has 0 saturated heterocycles. The Morgan fingerprint density at radius 1 is 0.286 bits per heavy atom. The van der Waals surface area contributed by atoms with E-state index in [0.717, 1.165) is 88.4 Å². The molecule has 0 unspecified atom stereocenters. The Hall–Kier alpha value is -8.68. The Morgan fingerprint density at radius 2 is 0.810 bits per heavy atom. The number of para-hydroxylation sites is 3. The minimum Gasteiger partial charge on any atom is -0.309 e. The van der Waals surface area contributed by atoms with Gasteiger partial charge in [0.1, 0.15) is 0 Å². The summed E-state index contributed by atoms with van der Waals surface area (Å²) in [6.45, 7) is 0. The van der Waals surface area contributed by atoms with E-state index in [0.29, 0.717) is 17.6 Å². The van der Waals surface area contributed by atoms with Crippen molar-refractivity contribution < 1.29 is 0 Å². The van der Waals surface area contributed by atoms with Gasteiger partial charge in [-0.05, 0) is 83.9 Å². The SMILES string of the molecule is c1ccc(-c2nc(-c3ccccc3)nc(-n3c4ccccc4c4ccc(-c5ccc6c(c5)c5ccccc5n6-c5ccc6c(c5)c5ncccc5n6-c5ccccc5)cc43)n2)cc1. The van der Waals surface area contributed by atoms with Crippen molar-refractivity contribution in [3.05, 3.63) is 212 Å². The predicted octanol–water partition coefficient (Wildman–Crippen LogP) is 13.6. The molecule has 0 spiro atoms. The van der Waals surface area contributed by atoms with Crippen molar-refractivity contribution in [3.8, 4) is 51.2 Å². The third-order valence-corrected chi connectivity index (χ3v) is 12.3. The van der Waals surface area contributed by atoms with E-state index in [2.05, 4.69) is 153 Å². The first-order valence-electron chi connectivity index (χ1n) is 21.1. The van der Waals surface area contributed by atoms with Crippen LogP contribution in [-0.4, -0.2) is 33.6 Å². The Morgan fingerprint density at radius 3 is 1.54 bits per heavy atom. The number of hydrogen-bond acceptors (Lipinski definition) is 4. The second-order valence-corrected chi connectivity index (χ2v) is 15.9. The number of aromatic nitrogens is 7. The summed E-state index contributed by atoms with van der Waals surface area (Å²) in [7, 11) is 0. The van der Waals surface area contributed by atoms with Crippen molar-refractivity contribution in [1.29, 1.82) is 0 Å². The molecule has 5 heterocycles. The molecular formula is C56H35N7. The summed E-state index contributed by atoms with van der Waals surface area (Å²) in [5.74, 6) is 1.82. The normalized spacial score (nSPS) is 11.8. The van der Waals surface area contributed by atoms with Gasteiger partial charge in [0.15, 0.2) is 11.6 Å². The standard InChI is InChI=1S/C56H35N7/c1-4-15-36(16-5-1)54-58-55(37-17-6-2-7-18-37)60-56(59-54)63-48-24-13-10-21-42(48)44-29-26-39(34-52(44)63)38-27-30-49-45(33-38)43-22-11-12-23-47(43)62(49)41-28-31-50-46(35-41)53-51(25-14-32-57-53)61(50)40-19-8-3-9-20-40/h1-35H. The molecule has 0 N–H and O–H groups in total. The van der Waals surface area contributed by atoms with Crippen LogP contribution in [0.25, 0.3) is 117 Å². The van der Waals surface area contributed by atoms with Crippen LogP contribution in [0.1, 0.15) is 0 Å². The van der Waals surface area contributed by atoms with Gasteiger partial charge >= 0.3 is 0 Å². The molecule has 13 rings (SSSR count). The molecule has 0 amide bonds. The topological polar surface area (TPSA) is 66.3 Å². The van der Waals surface area contributed by atoms with E-state index < -0.39 is 0 Å². The van der Waals surface area contributed by atoms with E-state index in [9.17, 15) is 0 Å². The van der Waals surface area contributed by atoms with Crippen LogP contribution >= 0.6 is 0 Å². The van der Waals surface area contributed by atoms with E-state index >= 15 is 0 Å². The molecule has 7 nitrogen and oxygen atoms in total. The molecule has 0 aliphatic heterocycles. The van der Waals surface area contributed by atoms with Gasteiger partial charge in [0.25, 0.3) is 0 Å². The van der Waals surface area contributed by atoms with Gasteiger partial charge in [0, 0.05) is 55.6 Å². The fourth-order valence-electron chi connectivity index (χ4n) is 9.51. The fourth-order valence-corrected chi connectivity index (χ4v) is 9.51. The van der Waals surface area contributed by atoms with Gasteiger partial charge in [-0.1, -0.05) is 133 Å². The van der Waals surface area contributed by atoms with E-state index in [1.807, 2.05) is 72.9 Å². The lowest BCUT2D eigenvalue weighted by Gasteiger charge is -2.12. The van der Waals surface area contributed by atoms with Gasteiger partial charge in [0.2, 0.25) is 5.95 Å². The van der Waals surface area contributed by atoms with Crippen molar-refractivity contribution in [1.82, 2.24) is 33.6 Å².